The van der Waals surface area contributed by atoms with Crippen LogP contribution in [0.15, 0.2) is 60.7 Å². The van der Waals surface area contributed by atoms with Crippen LogP contribution in [0.2, 0.25) is 0 Å². The molecule has 0 heterocycles. The van der Waals surface area contributed by atoms with E-state index in [-0.39, 0.29) is 5.48 Å². The lowest BCUT2D eigenvalue weighted by Crippen LogP contribution is -2.29. The molecule has 2 aromatic carbocycles. The Morgan fingerprint density at radius 2 is 0.789 bits per heavy atom. The van der Waals surface area contributed by atoms with Crippen LogP contribution in [0.4, 0.5) is 0 Å². The van der Waals surface area contributed by atoms with Gasteiger partial charge >= 0.3 is 14.2 Å². The summed E-state index contributed by atoms with van der Waals surface area (Å²) in [7, 11) is -2.68. The molecule has 0 aliphatic heterocycles. The van der Waals surface area contributed by atoms with Gasteiger partial charge in [0.05, 0.1) is 0 Å². The molecule has 7 heteroatoms. The smallest absolute Gasteiger partial charge is 0.423 e. The van der Waals surface area contributed by atoms with Crippen LogP contribution < -0.4 is 10.9 Å². The Labute approximate surface area is 112 Å². The fraction of sp³-hybridized carbons (Fsp3) is 0. The highest BCUT2D eigenvalue weighted by molar-refractivity contribution is 6.58. The first-order valence-corrected chi connectivity index (χ1v) is 5.43. The average Bonchev–Trinajstić information content (AvgIpc) is 2.41. The SMILES string of the molecule is O.OB(O)c1ccccc1.OB(O)c1ccccc1. The summed E-state index contributed by atoms with van der Waals surface area (Å²) < 4.78 is 0. The maximum atomic E-state index is 8.58. The van der Waals surface area contributed by atoms with Crippen LogP contribution in [0.5, 0.6) is 0 Å². The van der Waals surface area contributed by atoms with Gasteiger partial charge in [-0.2, -0.15) is 0 Å². The fourth-order valence-electron chi connectivity index (χ4n) is 1.25. The number of hydrogen-bond acceptors (Lipinski definition) is 4. The molecule has 0 saturated carbocycles. The molecule has 0 saturated heterocycles. The van der Waals surface area contributed by atoms with Crippen molar-refractivity contribution >= 4 is 25.2 Å². The zero-order chi connectivity index (χ0) is 13.4. The molecule has 100 valence electrons. The van der Waals surface area contributed by atoms with Gasteiger partial charge in [-0.05, 0) is 10.9 Å². The van der Waals surface area contributed by atoms with Gasteiger partial charge in [0, 0.05) is 0 Å². The molecule has 0 unspecified atom stereocenters. The van der Waals surface area contributed by atoms with E-state index in [2.05, 4.69) is 0 Å². The Morgan fingerprint density at radius 1 is 0.526 bits per heavy atom. The maximum absolute atomic E-state index is 8.58. The van der Waals surface area contributed by atoms with E-state index in [0.29, 0.717) is 10.9 Å². The van der Waals surface area contributed by atoms with Gasteiger partial charge in [0.1, 0.15) is 0 Å². The first-order valence-electron chi connectivity index (χ1n) is 5.43. The minimum Gasteiger partial charge on any atom is -0.423 e. The molecule has 0 bridgehead atoms. The molecule has 19 heavy (non-hydrogen) atoms. The lowest BCUT2D eigenvalue weighted by Gasteiger charge is -1.94. The van der Waals surface area contributed by atoms with Crippen molar-refractivity contribution in [1.82, 2.24) is 0 Å². The predicted octanol–water partition coefficient (Wildman–Crippen LogP) is -2.09. The molecule has 5 nitrogen and oxygen atoms in total. The van der Waals surface area contributed by atoms with Gasteiger partial charge in [-0.25, -0.2) is 0 Å². The van der Waals surface area contributed by atoms with E-state index in [1.165, 1.54) is 0 Å². The Bertz CT molecular complexity index is 393. The minimum absolute atomic E-state index is 0. The second-order valence-electron chi connectivity index (χ2n) is 3.57. The van der Waals surface area contributed by atoms with Crippen molar-refractivity contribution in [3.63, 3.8) is 0 Å². The summed E-state index contributed by atoms with van der Waals surface area (Å²) in [6.45, 7) is 0. The van der Waals surface area contributed by atoms with Crippen LogP contribution in [0.3, 0.4) is 0 Å². The van der Waals surface area contributed by atoms with Crippen molar-refractivity contribution in [3.05, 3.63) is 60.7 Å². The summed E-state index contributed by atoms with van der Waals surface area (Å²) in [6, 6.07) is 17.3. The van der Waals surface area contributed by atoms with Crippen LogP contribution in [-0.2, 0) is 0 Å². The monoisotopic (exact) mass is 262 g/mol. The Balaban J connectivity index is 0.000000324. The molecule has 0 fully saturated rings. The van der Waals surface area contributed by atoms with Gasteiger partial charge in [0.2, 0.25) is 0 Å². The van der Waals surface area contributed by atoms with E-state index in [9.17, 15) is 0 Å². The summed E-state index contributed by atoms with van der Waals surface area (Å²) in [5, 5.41) is 34.3. The second kappa shape index (κ2) is 9.32. The fourth-order valence-corrected chi connectivity index (χ4v) is 1.25. The van der Waals surface area contributed by atoms with Crippen molar-refractivity contribution in [3.8, 4) is 0 Å². The topological polar surface area (TPSA) is 112 Å². The standard InChI is InChI=1S/2C6H7BO2.H2O/c2*8-7(9)6-4-2-1-3-5-6;/h2*1-5,8-9H;1H2. The van der Waals surface area contributed by atoms with Gasteiger partial charge in [-0.3, -0.25) is 0 Å². The maximum Gasteiger partial charge on any atom is 0.488 e. The quantitative estimate of drug-likeness (QED) is 0.464. The summed E-state index contributed by atoms with van der Waals surface area (Å²) in [5.74, 6) is 0. The van der Waals surface area contributed by atoms with Crippen molar-refractivity contribution in [2.45, 2.75) is 0 Å². The molecular formula is C12H16B2O5. The number of rotatable bonds is 2. The Kier molecular flexibility index (Phi) is 8.52. The molecule has 0 aromatic heterocycles. The summed E-state index contributed by atoms with van der Waals surface area (Å²) in [6.07, 6.45) is 0. The lowest BCUT2D eigenvalue weighted by atomic mass is 9.81. The number of hydrogen-bond donors (Lipinski definition) is 4. The van der Waals surface area contributed by atoms with Crippen LogP contribution >= 0.6 is 0 Å². The summed E-state index contributed by atoms with van der Waals surface area (Å²) >= 11 is 0. The third kappa shape index (κ3) is 6.75. The first-order chi connectivity index (χ1) is 8.61. The molecule has 2 aromatic rings. The highest BCUT2D eigenvalue weighted by Crippen LogP contribution is 1.82. The molecule has 2 rings (SSSR count). The van der Waals surface area contributed by atoms with Crippen molar-refractivity contribution < 1.29 is 25.6 Å². The third-order valence-corrected chi connectivity index (χ3v) is 2.20. The van der Waals surface area contributed by atoms with E-state index in [1.54, 1.807) is 48.5 Å². The van der Waals surface area contributed by atoms with Crippen LogP contribution in [0.1, 0.15) is 0 Å². The normalized spacial score (nSPS) is 8.63. The van der Waals surface area contributed by atoms with Gasteiger partial charge < -0.3 is 25.6 Å². The van der Waals surface area contributed by atoms with Crippen molar-refractivity contribution in [1.29, 1.82) is 0 Å². The summed E-state index contributed by atoms with van der Waals surface area (Å²) in [4.78, 5) is 0. The Morgan fingerprint density at radius 3 is 0.947 bits per heavy atom. The molecule has 0 aliphatic carbocycles. The van der Waals surface area contributed by atoms with Gasteiger partial charge in [0.25, 0.3) is 0 Å². The van der Waals surface area contributed by atoms with E-state index >= 15 is 0 Å². The van der Waals surface area contributed by atoms with E-state index in [0.717, 1.165) is 0 Å². The molecule has 0 spiro atoms. The second-order valence-corrected chi connectivity index (χ2v) is 3.57. The van der Waals surface area contributed by atoms with E-state index in [1.807, 2.05) is 12.1 Å². The van der Waals surface area contributed by atoms with Crippen LogP contribution in [0.25, 0.3) is 0 Å². The molecule has 0 radical (unpaired) electrons. The van der Waals surface area contributed by atoms with Gasteiger partial charge in [-0.15, -0.1) is 0 Å². The first kappa shape index (κ1) is 17.4. The average molecular weight is 262 g/mol. The van der Waals surface area contributed by atoms with Crippen molar-refractivity contribution in [2.24, 2.45) is 0 Å². The van der Waals surface area contributed by atoms with Gasteiger partial charge in [-0.1, -0.05) is 60.7 Å². The van der Waals surface area contributed by atoms with Gasteiger partial charge in [0.15, 0.2) is 0 Å². The molecule has 0 atom stereocenters. The molecule has 0 amide bonds. The highest BCUT2D eigenvalue weighted by atomic mass is 16.4. The van der Waals surface area contributed by atoms with E-state index in [4.69, 9.17) is 20.1 Å². The Hall–Kier alpha value is -1.63. The highest BCUT2D eigenvalue weighted by Gasteiger charge is 2.08. The molecule has 0 aliphatic rings. The number of benzene rings is 2. The zero-order valence-corrected chi connectivity index (χ0v) is 10.2. The lowest BCUT2D eigenvalue weighted by molar-refractivity contribution is 0.424. The zero-order valence-electron chi connectivity index (χ0n) is 10.2. The minimum atomic E-state index is -1.34. The predicted molar refractivity (Wildman–Crippen MR) is 76.1 cm³/mol. The van der Waals surface area contributed by atoms with Crippen LogP contribution in [0, 0.1) is 0 Å². The largest absolute Gasteiger partial charge is 0.488 e. The molecular weight excluding hydrogens is 246 g/mol. The van der Waals surface area contributed by atoms with Crippen LogP contribution in [-0.4, -0.2) is 39.8 Å². The summed E-state index contributed by atoms with van der Waals surface area (Å²) in [5.41, 5.74) is 1.05. The molecule has 6 N–H and O–H groups in total. The van der Waals surface area contributed by atoms with E-state index < -0.39 is 14.2 Å². The third-order valence-electron chi connectivity index (χ3n) is 2.20. The van der Waals surface area contributed by atoms with Crippen molar-refractivity contribution in [2.75, 3.05) is 0 Å².